The smallest absolute Gasteiger partial charge is 0.152 e. The second kappa shape index (κ2) is 4.43. The number of carbonyl (C=O) groups excluding carboxylic acids is 1. The minimum absolute atomic E-state index is 0.215. The normalized spacial score (nSPS) is 23.1. The molecule has 0 unspecified atom stereocenters. The summed E-state index contributed by atoms with van der Waals surface area (Å²) in [5, 5.41) is 0. The van der Waals surface area contributed by atoms with E-state index in [1.165, 1.54) is 6.42 Å². The molecule has 1 rings (SSSR count). The van der Waals surface area contributed by atoms with E-state index in [-0.39, 0.29) is 5.54 Å². The molecular weight excluding hydrogens is 174 g/mol. The van der Waals surface area contributed by atoms with Crippen LogP contribution in [-0.4, -0.2) is 29.3 Å². The Bertz CT molecular complexity index is 208. The first-order valence-corrected chi connectivity index (χ1v) is 5.73. The second-order valence-corrected chi connectivity index (χ2v) is 5.26. The van der Waals surface area contributed by atoms with Gasteiger partial charge in [-0.2, -0.15) is 0 Å². The third kappa shape index (κ3) is 2.57. The van der Waals surface area contributed by atoms with Crippen molar-refractivity contribution in [2.45, 2.75) is 52.5 Å². The lowest BCUT2D eigenvalue weighted by Crippen LogP contribution is -2.54. The molecule has 0 spiro atoms. The van der Waals surface area contributed by atoms with Gasteiger partial charge in [0.05, 0.1) is 5.54 Å². The largest absolute Gasteiger partial charge is 0.298 e. The Kier molecular flexibility index (Phi) is 3.71. The van der Waals surface area contributed by atoms with E-state index in [4.69, 9.17) is 0 Å². The van der Waals surface area contributed by atoms with Crippen LogP contribution in [0.1, 0.15) is 47.0 Å². The molecule has 0 saturated carbocycles. The van der Waals surface area contributed by atoms with Gasteiger partial charge in [0.1, 0.15) is 0 Å². The lowest BCUT2D eigenvalue weighted by Gasteiger charge is -2.41. The average Bonchev–Trinajstić information content (AvgIpc) is 2.07. The van der Waals surface area contributed by atoms with E-state index in [1.807, 2.05) is 0 Å². The van der Waals surface area contributed by atoms with Crippen molar-refractivity contribution in [3.8, 4) is 0 Å². The van der Waals surface area contributed by atoms with E-state index in [0.717, 1.165) is 31.8 Å². The molecule has 0 aromatic rings. The molecule has 0 atom stereocenters. The fraction of sp³-hybridized carbons (Fsp3) is 0.917. The van der Waals surface area contributed by atoms with Gasteiger partial charge in [-0.05, 0) is 45.7 Å². The van der Waals surface area contributed by atoms with Gasteiger partial charge in [0, 0.05) is 6.42 Å². The van der Waals surface area contributed by atoms with Crippen LogP contribution in [0.3, 0.4) is 0 Å². The molecule has 1 aliphatic rings. The minimum Gasteiger partial charge on any atom is -0.298 e. The van der Waals surface area contributed by atoms with E-state index in [9.17, 15) is 4.79 Å². The zero-order valence-electron chi connectivity index (χ0n) is 9.97. The molecule has 0 amide bonds. The molecule has 0 aliphatic carbocycles. The third-order valence-electron chi connectivity index (χ3n) is 3.28. The molecule has 0 aromatic heterocycles. The Morgan fingerprint density at radius 1 is 1.43 bits per heavy atom. The molecular formula is C12H23NO. The summed E-state index contributed by atoms with van der Waals surface area (Å²) < 4.78 is 0. The van der Waals surface area contributed by atoms with E-state index < -0.39 is 0 Å². The predicted octanol–water partition coefficient (Wildman–Crippen LogP) is 2.48. The first-order chi connectivity index (χ1) is 6.44. The lowest BCUT2D eigenvalue weighted by atomic mass is 9.88. The molecule has 0 bridgehead atoms. The first kappa shape index (κ1) is 11.7. The van der Waals surface area contributed by atoms with E-state index >= 15 is 0 Å². The maximum atomic E-state index is 11.7. The van der Waals surface area contributed by atoms with Gasteiger partial charge >= 0.3 is 0 Å². The third-order valence-corrected chi connectivity index (χ3v) is 3.28. The summed E-state index contributed by atoms with van der Waals surface area (Å²) in [6.45, 7) is 10.8. The Hall–Kier alpha value is -0.370. The van der Waals surface area contributed by atoms with Crippen molar-refractivity contribution in [1.82, 2.24) is 4.90 Å². The summed E-state index contributed by atoms with van der Waals surface area (Å²) in [7, 11) is 0. The Morgan fingerprint density at radius 2 is 2.07 bits per heavy atom. The number of carbonyl (C=O) groups is 1. The highest BCUT2D eigenvalue weighted by molar-refractivity contribution is 5.88. The number of hydrogen-bond donors (Lipinski definition) is 0. The monoisotopic (exact) mass is 197 g/mol. The van der Waals surface area contributed by atoms with Crippen molar-refractivity contribution in [2.75, 3.05) is 13.1 Å². The van der Waals surface area contributed by atoms with Crippen LogP contribution >= 0.6 is 0 Å². The molecule has 0 radical (unpaired) electrons. The van der Waals surface area contributed by atoms with E-state index in [1.54, 1.807) is 0 Å². The van der Waals surface area contributed by atoms with Gasteiger partial charge in [-0.25, -0.2) is 0 Å². The van der Waals surface area contributed by atoms with Crippen LogP contribution < -0.4 is 0 Å². The fourth-order valence-corrected chi connectivity index (χ4v) is 2.00. The first-order valence-electron chi connectivity index (χ1n) is 5.73. The highest BCUT2D eigenvalue weighted by Gasteiger charge is 2.36. The molecule has 0 aromatic carbocycles. The molecule has 82 valence electrons. The molecule has 14 heavy (non-hydrogen) atoms. The lowest BCUT2D eigenvalue weighted by molar-refractivity contribution is -0.132. The molecule has 2 heteroatoms. The maximum absolute atomic E-state index is 11.7. The van der Waals surface area contributed by atoms with E-state index in [0.29, 0.717) is 5.78 Å². The van der Waals surface area contributed by atoms with Gasteiger partial charge in [-0.3, -0.25) is 9.69 Å². The number of piperidine rings is 1. The van der Waals surface area contributed by atoms with Gasteiger partial charge in [0.25, 0.3) is 0 Å². The van der Waals surface area contributed by atoms with Crippen molar-refractivity contribution in [1.29, 1.82) is 0 Å². The second-order valence-electron chi connectivity index (χ2n) is 5.26. The summed E-state index contributed by atoms with van der Waals surface area (Å²) >= 11 is 0. The van der Waals surface area contributed by atoms with Crippen LogP contribution in [0.2, 0.25) is 0 Å². The number of likely N-dealkylation sites (tertiary alicyclic amines) is 1. The molecule has 1 saturated heterocycles. The van der Waals surface area contributed by atoms with Gasteiger partial charge in [-0.1, -0.05) is 13.8 Å². The summed E-state index contributed by atoms with van der Waals surface area (Å²) in [6.07, 6.45) is 3.00. The van der Waals surface area contributed by atoms with Crippen molar-refractivity contribution < 1.29 is 4.79 Å². The van der Waals surface area contributed by atoms with Crippen LogP contribution in [0.25, 0.3) is 0 Å². The fourth-order valence-electron chi connectivity index (χ4n) is 2.00. The molecule has 2 nitrogen and oxygen atoms in total. The SMILES string of the molecule is CC(C)CCN1CCCC(=O)C1(C)C. The van der Waals surface area contributed by atoms with Crippen LogP contribution in [-0.2, 0) is 4.79 Å². The summed E-state index contributed by atoms with van der Waals surface area (Å²) in [4.78, 5) is 14.1. The average molecular weight is 197 g/mol. The maximum Gasteiger partial charge on any atom is 0.152 e. The number of rotatable bonds is 3. The van der Waals surface area contributed by atoms with Gasteiger partial charge in [-0.15, -0.1) is 0 Å². The van der Waals surface area contributed by atoms with Crippen LogP contribution in [0.4, 0.5) is 0 Å². The van der Waals surface area contributed by atoms with Gasteiger partial charge in [0.15, 0.2) is 5.78 Å². The highest BCUT2D eigenvalue weighted by Crippen LogP contribution is 2.24. The van der Waals surface area contributed by atoms with Crippen LogP contribution in [0, 0.1) is 5.92 Å². The standard InChI is InChI=1S/C12H23NO/c1-10(2)7-9-13-8-5-6-11(14)12(13,3)4/h10H,5-9H2,1-4H3. The van der Waals surface area contributed by atoms with Crippen molar-refractivity contribution in [2.24, 2.45) is 5.92 Å². The summed E-state index contributed by atoms with van der Waals surface area (Å²) in [5.41, 5.74) is -0.215. The van der Waals surface area contributed by atoms with Crippen LogP contribution in [0.15, 0.2) is 0 Å². The minimum atomic E-state index is -0.215. The van der Waals surface area contributed by atoms with Crippen molar-refractivity contribution in [3.05, 3.63) is 0 Å². The number of ketones is 1. The number of nitrogens with zero attached hydrogens (tertiary/aromatic N) is 1. The Morgan fingerprint density at radius 3 is 2.64 bits per heavy atom. The Labute approximate surface area is 87.7 Å². The van der Waals surface area contributed by atoms with Crippen molar-refractivity contribution >= 4 is 5.78 Å². The zero-order valence-corrected chi connectivity index (χ0v) is 9.97. The topological polar surface area (TPSA) is 20.3 Å². The highest BCUT2D eigenvalue weighted by atomic mass is 16.1. The van der Waals surface area contributed by atoms with Crippen molar-refractivity contribution in [3.63, 3.8) is 0 Å². The predicted molar refractivity (Wildman–Crippen MR) is 59.3 cm³/mol. The number of Topliss-reactive ketones (excluding diaryl/α,β-unsaturated/α-hetero) is 1. The van der Waals surface area contributed by atoms with Gasteiger partial charge in [0.2, 0.25) is 0 Å². The number of hydrogen-bond acceptors (Lipinski definition) is 2. The van der Waals surface area contributed by atoms with Crippen LogP contribution in [0.5, 0.6) is 0 Å². The molecule has 0 N–H and O–H groups in total. The molecule has 1 fully saturated rings. The van der Waals surface area contributed by atoms with Gasteiger partial charge < -0.3 is 0 Å². The molecule has 1 aliphatic heterocycles. The summed E-state index contributed by atoms with van der Waals surface area (Å²) in [5.74, 6) is 1.13. The molecule has 1 heterocycles. The Balaban J connectivity index is 2.54. The zero-order chi connectivity index (χ0) is 10.8. The summed E-state index contributed by atoms with van der Waals surface area (Å²) in [6, 6.07) is 0. The quantitative estimate of drug-likeness (QED) is 0.692. The van der Waals surface area contributed by atoms with E-state index in [2.05, 4.69) is 32.6 Å².